The van der Waals surface area contributed by atoms with E-state index in [2.05, 4.69) is 13.8 Å². The predicted molar refractivity (Wildman–Crippen MR) is 77.9 cm³/mol. The highest BCUT2D eigenvalue weighted by atomic mass is 16.5. The number of hydrogen-bond acceptors (Lipinski definition) is 3. The molecule has 0 bridgehead atoms. The largest absolute Gasteiger partial charge is 0.383 e. The number of ether oxygens (including phenoxy) is 1. The first-order valence-electron chi connectivity index (χ1n) is 7.54. The fourth-order valence-electron chi connectivity index (χ4n) is 2.99. The van der Waals surface area contributed by atoms with Gasteiger partial charge in [0.1, 0.15) is 0 Å². The van der Waals surface area contributed by atoms with Gasteiger partial charge in [0.2, 0.25) is 5.91 Å². The predicted octanol–water partition coefficient (Wildman–Crippen LogP) is 2.03. The summed E-state index contributed by atoms with van der Waals surface area (Å²) in [5, 5.41) is 0. The Balaban J connectivity index is 2.76. The fraction of sp³-hybridized carbons (Fsp3) is 0.933. The lowest BCUT2D eigenvalue weighted by Crippen LogP contribution is -2.50. The Morgan fingerprint density at radius 2 is 1.95 bits per heavy atom. The zero-order chi connectivity index (χ0) is 14.3. The fourth-order valence-corrected chi connectivity index (χ4v) is 2.99. The van der Waals surface area contributed by atoms with E-state index in [1.165, 1.54) is 6.42 Å². The molecule has 0 spiro atoms. The van der Waals surface area contributed by atoms with Crippen LogP contribution >= 0.6 is 0 Å². The van der Waals surface area contributed by atoms with Gasteiger partial charge in [-0.1, -0.05) is 33.1 Å². The summed E-state index contributed by atoms with van der Waals surface area (Å²) < 4.78 is 5.13. The molecule has 1 fully saturated rings. The van der Waals surface area contributed by atoms with Gasteiger partial charge in [-0.2, -0.15) is 0 Å². The lowest BCUT2D eigenvalue weighted by Gasteiger charge is -2.39. The minimum atomic E-state index is -0.305. The molecule has 0 radical (unpaired) electrons. The molecule has 4 heteroatoms. The Labute approximate surface area is 117 Å². The number of nitrogens with zero attached hydrogens (tertiary/aromatic N) is 1. The Hall–Kier alpha value is -0.610. The standard InChI is InChI=1S/C15H30N2O2/c1-13(2)11-17(9-10-19-3)14(18)15(12-16)7-5-4-6-8-15/h13H,4-12,16H2,1-3H3. The summed E-state index contributed by atoms with van der Waals surface area (Å²) in [5.41, 5.74) is 5.65. The van der Waals surface area contributed by atoms with Crippen molar-refractivity contribution in [2.75, 3.05) is 33.4 Å². The molecule has 0 aromatic carbocycles. The number of rotatable bonds is 7. The Kier molecular flexibility index (Phi) is 6.80. The molecule has 1 aliphatic carbocycles. The first kappa shape index (κ1) is 16.4. The zero-order valence-corrected chi connectivity index (χ0v) is 12.8. The Morgan fingerprint density at radius 3 is 2.42 bits per heavy atom. The van der Waals surface area contributed by atoms with E-state index in [9.17, 15) is 4.79 Å². The molecule has 0 atom stereocenters. The molecule has 0 aromatic heterocycles. The maximum atomic E-state index is 12.9. The summed E-state index contributed by atoms with van der Waals surface area (Å²) in [7, 11) is 1.68. The van der Waals surface area contributed by atoms with E-state index >= 15 is 0 Å². The summed E-state index contributed by atoms with van der Waals surface area (Å²) in [6, 6.07) is 0. The summed E-state index contributed by atoms with van der Waals surface area (Å²) in [4.78, 5) is 14.8. The second-order valence-electron chi connectivity index (χ2n) is 6.18. The minimum absolute atomic E-state index is 0.250. The normalized spacial score (nSPS) is 18.6. The van der Waals surface area contributed by atoms with Crippen molar-refractivity contribution in [1.82, 2.24) is 4.90 Å². The van der Waals surface area contributed by atoms with Crippen LogP contribution in [-0.4, -0.2) is 44.2 Å². The van der Waals surface area contributed by atoms with E-state index in [1.807, 2.05) is 4.90 Å². The van der Waals surface area contributed by atoms with Crippen LogP contribution < -0.4 is 5.73 Å². The minimum Gasteiger partial charge on any atom is -0.383 e. The Morgan fingerprint density at radius 1 is 1.32 bits per heavy atom. The summed E-state index contributed by atoms with van der Waals surface area (Å²) in [6.45, 7) is 6.83. The van der Waals surface area contributed by atoms with Gasteiger partial charge in [-0.05, 0) is 18.8 Å². The lowest BCUT2D eigenvalue weighted by atomic mass is 9.73. The third-order valence-corrected chi connectivity index (χ3v) is 4.09. The van der Waals surface area contributed by atoms with Gasteiger partial charge in [0.25, 0.3) is 0 Å². The molecule has 1 amide bonds. The highest BCUT2D eigenvalue weighted by Crippen LogP contribution is 2.37. The van der Waals surface area contributed by atoms with Crippen LogP contribution in [0.25, 0.3) is 0 Å². The highest BCUT2D eigenvalue weighted by molar-refractivity contribution is 5.83. The molecule has 1 saturated carbocycles. The molecule has 112 valence electrons. The van der Waals surface area contributed by atoms with Crippen LogP contribution in [0.2, 0.25) is 0 Å². The number of hydrogen-bond donors (Lipinski definition) is 1. The summed E-state index contributed by atoms with van der Waals surface area (Å²) >= 11 is 0. The van der Waals surface area contributed by atoms with Gasteiger partial charge in [0, 0.05) is 26.7 Å². The SMILES string of the molecule is COCCN(CC(C)C)C(=O)C1(CN)CCCCC1. The second-order valence-corrected chi connectivity index (χ2v) is 6.18. The molecule has 0 saturated heterocycles. The van der Waals surface area contributed by atoms with Crippen LogP contribution in [0, 0.1) is 11.3 Å². The van der Waals surface area contributed by atoms with Crippen LogP contribution in [0.5, 0.6) is 0 Å². The van der Waals surface area contributed by atoms with Gasteiger partial charge in [0.05, 0.1) is 12.0 Å². The van der Waals surface area contributed by atoms with E-state index in [0.717, 1.165) is 32.2 Å². The van der Waals surface area contributed by atoms with Crippen molar-refractivity contribution >= 4 is 5.91 Å². The van der Waals surface area contributed by atoms with E-state index in [1.54, 1.807) is 7.11 Å². The van der Waals surface area contributed by atoms with Crippen LogP contribution in [-0.2, 0) is 9.53 Å². The molecule has 2 N–H and O–H groups in total. The van der Waals surface area contributed by atoms with Crippen LogP contribution in [0.15, 0.2) is 0 Å². The average Bonchev–Trinajstić information content (AvgIpc) is 2.43. The summed E-state index contributed by atoms with van der Waals surface area (Å²) in [6.07, 6.45) is 5.39. The molecule has 0 unspecified atom stereocenters. The molecular formula is C15H30N2O2. The van der Waals surface area contributed by atoms with Crippen molar-refractivity contribution in [3.05, 3.63) is 0 Å². The van der Waals surface area contributed by atoms with Gasteiger partial charge < -0.3 is 15.4 Å². The monoisotopic (exact) mass is 270 g/mol. The smallest absolute Gasteiger partial charge is 0.230 e. The molecule has 0 aliphatic heterocycles. The average molecular weight is 270 g/mol. The summed E-state index contributed by atoms with van der Waals surface area (Å²) in [5.74, 6) is 0.722. The van der Waals surface area contributed by atoms with E-state index in [-0.39, 0.29) is 11.3 Å². The van der Waals surface area contributed by atoms with Crippen molar-refractivity contribution < 1.29 is 9.53 Å². The highest BCUT2D eigenvalue weighted by Gasteiger charge is 2.40. The molecular weight excluding hydrogens is 240 g/mol. The number of nitrogens with two attached hydrogens (primary N) is 1. The van der Waals surface area contributed by atoms with Gasteiger partial charge in [-0.3, -0.25) is 4.79 Å². The number of amides is 1. The van der Waals surface area contributed by atoms with Crippen molar-refractivity contribution in [2.45, 2.75) is 46.0 Å². The molecule has 4 nitrogen and oxygen atoms in total. The quantitative estimate of drug-likeness (QED) is 0.770. The topological polar surface area (TPSA) is 55.6 Å². The van der Waals surface area contributed by atoms with Gasteiger partial charge >= 0.3 is 0 Å². The van der Waals surface area contributed by atoms with Gasteiger partial charge in [-0.25, -0.2) is 0 Å². The van der Waals surface area contributed by atoms with Crippen LogP contribution in [0.3, 0.4) is 0 Å². The molecule has 0 aromatic rings. The number of methoxy groups -OCH3 is 1. The molecule has 1 aliphatic rings. The third-order valence-electron chi connectivity index (χ3n) is 4.09. The van der Waals surface area contributed by atoms with Crippen LogP contribution in [0.4, 0.5) is 0 Å². The Bertz CT molecular complexity index is 273. The van der Waals surface area contributed by atoms with E-state index in [4.69, 9.17) is 10.5 Å². The van der Waals surface area contributed by atoms with Crippen molar-refractivity contribution in [2.24, 2.45) is 17.1 Å². The number of carbonyl (C=O) groups excluding carboxylic acids is 1. The maximum absolute atomic E-state index is 12.9. The van der Waals surface area contributed by atoms with Gasteiger partial charge in [-0.15, -0.1) is 0 Å². The third kappa shape index (κ3) is 4.46. The molecule has 1 rings (SSSR count). The maximum Gasteiger partial charge on any atom is 0.230 e. The first-order valence-corrected chi connectivity index (χ1v) is 7.54. The van der Waals surface area contributed by atoms with Crippen molar-refractivity contribution in [1.29, 1.82) is 0 Å². The lowest BCUT2D eigenvalue weighted by molar-refractivity contribution is -0.144. The molecule has 19 heavy (non-hydrogen) atoms. The zero-order valence-electron chi connectivity index (χ0n) is 12.8. The van der Waals surface area contributed by atoms with Crippen molar-refractivity contribution in [3.63, 3.8) is 0 Å². The van der Waals surface area contributed by atoms with Crippen LogP contribution in [0.1, 0.15) is 46.0 Å². The number of carbonyl (C=O) groups is 1. The first-order chi connectivity index (χ1) is 9.05. The van der Waals surface area contributed by atoms with Gasteiger partial charge in [0.15, 0.2) is 0 Å². The van der Waals surface area contributed by atoms with Crippen molar-refractivity contribution in [3.8, 4) is 0 Å². The van der Waals surface area contributed by atoms with E-state index < -0.39 is 0 Å². The van der Waals surface area contributed by atoms with E-state index in [0.29, 0.717) is 25.6 Å². The molecule has 0 heterocycles. The second kappa shape index (κ2) is 7.85.